The van der Waals surface area contributed by atoms with Crippen LogP contribution < -0.4 is 0 Å². The first kappa shape index (κ1) is 5.98. The van der Waals surface area contributed by atoms with Crippen LogP contribution in [0.25, 0.3) is 0 Å². The number of aliphatic hydroxyl groups excluding tert-OH is 1. The summed E-state index contributed by atoms with van der Waals surface area (Å²) in [6, 6.07) is 0. The predicted molar refractivity (Wildman–Crippen MR) is 25.9 cm³/mol. The van der Waals surface area contributed by atoms with Gasteiger partial charge in [-0.1, -0.05) is 0 Å². The van der Waals surface area contributed by atoms with E-state index in [-0.39, 0.29) is 6.61 Å². The Labute approximate surface area is 41.6 Å². The van der Waals surface area contributed by atoms with Gasteiger partial charge in [-0.15, -0.1) is 0 Å². The Morgan fingerprint density at radius 1 is 2.00 bits per heavy atom. The number of carbonyl (C=O) groups is 1. The quantitative estimate of drug-likeness (QED) is 0.367. The van der Waals surface area contributed by atoms with Crippen LogP contribution >= 0.6 is 12.6 Å². The van der Waals surface area contributed by atoms with Gasteiger partial charge in [0.25, 0.3) is 0 Å². The zero-order chi connectivity index (χ0) is 4.99. The van der Waals surface area contributed by atoms with Crippen LogP contribution in [0, 0.1) is 0 Å². The van der Waals surface area contributed by atoms with Gasteiger partial charge in [-0.25, -0.2) is 0 Å². The Hall–Kier alpha value is -0.0200. The van der Waals surface area contributed by atoms with Crippen LogP contribution in [0.1, 0.15) is 0 Å². The molecule has 0 aromatic heterocycles. The van der Waals surface area contributed by atoms with E-state index in [0.717, 1.165) is 0 Å². The molecule has 0 saturated carbocycles. The third-order valence-corrected chi connectivity index (χ3v) is 0.629. The predicted octanol–water partition coefficient (Wildman–Crippen LogP) is -0.524. The molecular weight excluding hydrogens is 100 g/mol. The molecule has 0 aromatic rings. The van der Waals surface area contributed by atoms with Gasteiger partial charge in [0.15, 0.2) is 0 Å². The summed E-state index contributed by atoms with van der Waals surface area (Å²) in [6.07, 6.45) is 0.586. The second kappa shape index (κ2) is 3.18. The van der Waals surface area contributed by atoms with E-state index in [1.165, 1.54) is 0 Å². The zero-order valence-electron chi connectivity index (χ0n) is 3.16. The van der Waals surface area contributed by atoms with Crippen molar-refractivity contribution in [3.05, 3.63) is 0 Å². The van der Waals surface area contributed by atoms with E-state index < -0.39 is 5.25 Å². The molecule has 2 nitrogen and oxygen atoms in total. The van der Waals surface area contributed by atoms with Gasteiger partial charge in [0.2, 0.25) is 0 Å². The highest BCUT2D eigenvalue weighted by Gasteiger charge is 1.91. The fourth-order valence-electron chi connectivity index (χ4n) is 0.0430. The zero-order valence-corrected chi connectivity index (χ0v) is 4.06. The maximum Gasteiger partial charge on any atom is 0.135 e. The fraction of sp³-hybridized carbons (Fsp3) is 0.667. The summed E-state index contributed by atoms with van der Waals surface area (Å²) in [5.41, 5.74) is 0. The van der Waals surface area contributed by atoms with E-state index in [1.54, 1.807) is 0 Å². The molecule has 0 saturated heterocycles. The lowest BCUT2D eigenvalue weighted by Crippen LogP contribution is -2.04. The van der Waals surface area contributed by atoms with Crippen LogP contribution in [0.3, 0.4) is 0 Å². The summed E-state index contributed by atoms with van der Waals surface area (Å²) in [5, 5.41) is 7.53. The monoisotopic (exact) mass is 106 g/mol. The van der Waals surface area contributed by atoms with Gasteiger partial charge in [0.05, 0.1) is 11.9 Å². The summed E-state index contributed by atoms with van der Waals surface area (Å²) in [4.78, 5) is 9.50. The van der Waals surface area contributed by atoms with Crippen LogP contribution in [-0.4, -0.2) is 23.2 Å². The lowest BCUT2D eigenvalue weighted by Gasteiger charge is -1.88. The summed E-state index contributed by atoms with van der Waals surface area (Å²) >= 11 is 3.61. The highest BCUT2D eigenvalue weighted by molar-refractivity contribution is 7.81. The Kier molecular flexibility index (Phi) is 3.17. The minimum Gasteiger partial charge on any atom is -0.395 e. The average Bonchev–Trinajstić information content (AvgIpc) is 1.65. The highest BCUT2D eigenvalue weighted by Crippen LogP contribution is 1.83. The first-order valence-electron chi connectivity index (χ1n) is 1.55. The number of hydrogen-bond donors (Lipinski definition) is 2. The summed E-state index contributed by atoms with van der Waals surface area (Å²) < 4.78 is 0. The van der Waals surface area contributed by atoms with Gasteiger partial charge in [-0.05, 0) is 0 Å². The van der Waals surface area contributed by atoms with Crippen molar-refractivity contribution in [2.24, 2.45) is 0 Å². The summed E-state index contributed by atoms with van der Waals surface area (Å²) in [6.45, 7) is -0.174. The third-order valence-electron chi connectivity index (χ3n) is 0.344. The van der Waals surface area contributed by atoms with Crippen molar-refractivity contribution in [3.8, 4) is 0 Å². The molecule has 1 N–H and O–H groups in total. The standard InChI is InChI=1S/C3H6O2S/c4-1-3(6)2-5/h1,3,5-6H,2H2. The van der Waals surface area contributed by atoms with Gasteiger partial charge in [-0.2, -0.15) is 12.6 Å². The van der Waals surface area contributed by atoms with E-state index in [2.05, 4.69) is 12.6 Å². The first-order valence-corrected chi connectivity index (χ1v) is 2.07. The molecule has 36 valence electrons. The molecule has 0 heterocycles. The first-order chi connectivity index (χ1) is 2.81. The molecule has 1 atom stereocenters. The Bertz CT molecular complexity index is 46.1. The van der Waals surface area contributed by atoms with Crippen LogP contribution in [0.4, 0.5) is 0 Å². The number of rotatable bonds is 2. The molecule has 6 heavy (non-hydrogen) atoms. The average molecular weight is 106 g/mol. The van der Waals surface area contributed by atoms with E-state index >= 15 is 0 Å². The van der Waals surface area contributed by atoms with Crippen molar-refractivity contribution in [3.63, 3.8) is 0 Å². The number of carbonyl (C=O) groups excluding carboxylic acids is 1. The number of hydrogen-bond acceptors (Lipinski definition) is 3. The molecule has 1 unspecified atom stereocenters. The molecule has 0 rings (SSSR count). The second-order valence-corrected chi connectivity index (χ2v) is 1.55. The van der Waals surface area contributed by atoms with E-state index in [9.17, 15) is 4.79 Å². The number of aliphatic hydroxyl groups is 1. The SMILES string of the molecule is O=CC(S)CO. The molecule has 0 aromatic carbocycles. The van der Waals surface area contributed by atoms with E-state index in [1.807, 2.05) is 0 Å². The van der Waals surface area contributed by atoms with Crippen molar-refractivity contribution in [1.29, 1.82) is 0 Å². The van der Waals surface area contributed by atoms with Crippen LogP contribution in [-0.2, 0) is 4.79 Å². The molecule has 0 radical (unpaired) electrons. The van der Waals surface area contributed by atoms with Crippen molar-refractivity contribution >= 4 is 18.9 Å². The Balaban J connectivity index is 2.96. The summed E-state index contributed by atoms with van der Waals surface area (Å²) in [5.74, 6) is 0. The van der Waals surface area contributed by atoms with Crippen molar-refractivity contribution in [2.75, 3.05) is 6.61 Å². The van der Waals surface area contributed by atoms with Crippen molar-refractivity contribution in [1.82, 2.24) is 0 Å². The highest BCUT2D eigenvalue weighted by atomic mass is 32.1. The van der Waals surface area contributed by atoms with Gasteiger partial charge >= 0.3 is 0 Å². The molecule has 3 heteroatoms. The van der Waals surface area contributed by atoms with Gasteiger partial charge in [-0.3, -0.25) is 0 Å². The molecule has 0 amide bonds. The maximum absolute atomic E-state index is 9.50. The topological polar surface area (TPSA) is 37.3 Å². The van der Waals surface area contributed by atoms with Crippen molar-refractivity contribution in [2.45, 2.75) is 5.25 Å². The molecule has 0 aliphatic heterocycles. The van der Waals surface area contributed by atoms with Gasteiger partial charge in [0, 0.05) is 0 Å². The molecular formula is C3H6O2S. The molecule has 0 bridgehead atoms. The third kappa shape index (κ3) is 2.23. The largest absolute Gasteiger partial charge is 0.395 e. The minimum absolute atomic E-state index is 0.174. The Morgan fingerprint density at radius 2 is 2.50 bits per heavy atom. The second-order valence-electron chi connectivity index (χ2n) is 0.886. The maximum atomic E-state index is 9.50. The summed E-state index contributed by atoms with van der Waals surface area (Å²) in [7, 11) is 0. The van der Waals surface area contributed by atoms with Crippen molar-refractivity contribution < 1.29 is 9.90 Å². The molecule has 0 aliphatic carbocycles. The van der Waals surface area contributed by atoms with Crippen LogP contribution in [0.5, 0.6) is 0 Å². The fourth-order valence-corrected chi connectivity index (χ4v) is 0.0430. The smallest absolute Gasteiger partial charge is 0.135 e. The lowest BCUT2D eigenvalue weighted by atomic mass is 10.5. The lowest BCUT2D eigenvalue weighted by molar-refractivity contribution is -0.107. The van der Waals surface area contributed by atoms with E-state index in [0.29, 0.717) is 6.29 Å². The Morgan fingerprint density at radius 3 is 2.50 bits per heavy atom. The minimum atomic E-state index is -0.495. The molecule has 0 fully saturated rings. The van der Waals surface area contributed by atoms with Crippen LogP contribution in [0.15, 0.2) is 0 Å². The van der Waals surface area contributed by atoms with Crippen LogP contribution in [0.2, 0.25) is 0 Å². The molecule has 0 spiro atoms. The van der Waals surface area contributed by atoms with E-state index in [4.69, 9.17) is 5.11 Å². The van der Waals surface area contributed by atoms with Gasteiger partial charge < -0.3 is 9.90 Å². The molecule has 0 aliphatic rings. The number of aldehydes is 1. The number of thiol groups is 1. The normalized spacial score (nSPS) is 13.7. The van der Waals surface area contributed by atoms with Gasteiger partial charge in [0.1, 0.15) is 6.29 Å².